The molecule has 15 heteroatoms. The maximum absolute atomic E-state index is 12.5. The van der Waals surface area contributed by atoms with Crippen molar-refractivity contribution in [1.29, 1.82) is 0 Å². The van der Waals surface area contributed by atoms with Gasteiger partial charge >= 0.3 is 0 Å². The Morgan fingerprint density at radius 3 is 2.08 bits per heavy atom. The van der Waals surface area contributed by atoms with Gasteiger partial charge in [-0.2, -0.15) is 0 Å². The normalized spacial score (nSPS) is 29.7. The maximum atomic E-state index is 12.5. The minimum atomic E-state index is -1.68. The Morgan fingerprint density at radius 1 is 0.811 bits per heavy atom. The van der Waals surface area contributed by atoms with E-state index in [0.29, 0.717) is 25.1 Å². The first-order valence-corrected chi connectivity index (χ1v) is 19.4. The molecule has 0 spiro atoms. The molecule has 3 heterocycles. The molecule has 302 valence electrons. The number of nitrogens with one attached hydrogen (secondary N) is 2. The number of benzene rings is 1. The number of H-pyrrole nitrogens is 1. The number of hydrogen-bond acceptors (Lipinski definition) is 13. The Morgan fingerprint density at radius 2 is 1.42 bits per heavy atom. The summed E-state index contributed by atoms with van der Waals surface area (Å²) >= 11 is 0. The summed E-state index contributed by atoms with van der Waals surface area (Å²) in [5.74, 6) is 0.336. The highest BCUT2D eigenvalue weighted by molar-refractivity contribution is 5.84. The van der Waals surface area contributed by atoms with E-state index in [1.165, 1.54) is 38.5 Å². The summed E-state index contributed by atoms with van der Waals surface area (Å²) in [5, 5.41) is 84.9. The lowest BCUT2D eigenvalue weighted by atomic mass is 9.98. The van der Waals surface area contributed by atoms with Crippen molar-refractivity contribution < 1.29 is 64.6 Å². The Kier molecular flexibility index (Phi) is 18.2. The van der Waals surface area contributed by atoms with E-state index < -0.39 is 74.6 Å². The van der Waals surface area contributed by atoms with Gasteiger partial charge < -0.3 is 70.1 Å². The van der Waals surface area contributed by atoms with E-state index in [0.717, 1.165) is 55.0 Å². The van der Waals surface area contributed by atoms with E-state index in [2.05, 4.69) is 10.3 Å². The summed E-state index contributed by atoms with van der Waals surface area (Å²) in [6, 6.07) is 5.18. The number of aromatic nitrogens is 1. The molecule has 1 aromatic heterocycles. The van der Waals surface area contributed by atoms with Crippen molar-refractivity contribution in [3.8, 4) is 5.75 Å². The topological polar surface area (TPSA) is 244 Å². The molecule has 5 unspecified atom stereocenters. The molecule has 0 saturated carbocycles. The molecule has 53 heavy (non-hydrogen) atoms. The number of amides is 1. The van der Waals surface area contributed by atoms with Crippen molar-refractivity contribution in [1.82, 2.24) is 10.3 Å². The fourth-order valence-electron chi connectivity index (χ4n) is 6.83. The highest BCUT2D eigenvalue weighted by Gasteiger charge is 2.48. The van der Waals surface area contributed by atoms with Crippen molar-refractivity contribution in [2.45, 2.75) is 164 Å². The van der Waals surface area contributed by atoms with Crippen LogP contribution in [0, 0.1) is 0 Å². The second-order valence-corrected chi connectivity index (χ2v) is 14.4. The monoisotopic (exact) mass is 754 g/mol. The third-order valence-corrected chi connectivity index (χ3v) is 10.3. The number of aliphatic hydroxyl groups excluding tert-OH is 8. The number of rotatable bonds is 23. The molecule has 10 N–H and O–H groups in total. The van der Waals surface area contributed by atoms with E-state index in [1.807, 2.05) is 13.1 Å². The highest BCUT2D eigenvalue weighted by Crippen LogP contribution is 2.29. The van der Waals surface area contributed by atoms with Crippen LogP contribution >= 0.6 is 0 Å². The predicted molar refractivity (Wildman–Crippen MR) is 194 cm³/mol. The fraction of sp³-hybridized carbons (Fsp3) is 0.763. The fourth-order valence-corrected chi connectivity index (χ4v) is 6.83. The minimum Gasteiger partial charge on any atom is -0.462 e. The molecule has 0 bridgehead atoms. The lowest BCUT2D eigenvalue weighted by molar-refractivity contribution is -0.323. The minimum absolute atomic E-state index is 0.0244. The number of aromatic amines is 1. The Labute approximate surface area is 311 Å². The molecule has 15 nitrogen and oxygen atoms in total. The van der Waals surface area contributed by atoms with Crippen LogP contribution in [0.5, 0.6) is 5.75 Å². The van der Waals surface area contributed by atoms with E-state index in [-0.39, 0.29) is 12.0 Å². The van der Waals surface area contributed by atoms with Gasteiger partial charge in [0.25, 0.3) is 0 Å². The molecule has 2 aliphatic heterocycles. The molecule has 11 atom stereocenters. The molecule has 2 saturated heterocycles. The Hall–Kier alpha value is -2.41. The van der Waals surface area contributed by atoms with E-state index in [9.17, 15) is 45.6 Å². The lowest BCUT2D eigenvalue weighted by Crippen LogP contribution is -2.62. The van der Waals surface area contributed by atoms with Gasteiger partial charge in [0.1, 0.15) is 54.6 Å². The molecule has 4 rings (SSSR count). The van der Waals surface area contributed by atoms with Gasteiger partial charge in [0.05, 0.1) is 19.3 Å². The number of unbranched alkanes of at least 4 members (excludes halogenated alkanes) is 9. The van der Waals surface area contributed by atoms with Crippen LogP contribution in [0.4, 0.5) is 0 Å². The quantitative estimate of drug-likeness (QED) is 0.0720. The second kappa shape index (κ2) is 22.2. The van der Waals surface area contributed by atoms with Crippen molar-refractivity contribution >= 4 is 16.8 Å². The summed E-state index contributed by atoms with van der Waals surface area (Å²) in [6.45, 7) is 1.36. The molecular weight excluding hydrogens is 692 g/mol. The summed E-state index contributed by atoms with van der Waals surface area (Å²) in [5.41, 5.74) is 1.77. The first kappa shape index (κ1) is 43.3. The zero-order chi connectivity index (χ0) is 38.3. The van der Waals surface area contributed by atoms with Gasteiger partial charge in [-0.3, -0.25) is 4.79 Å². The van der Waals surface area contributed by atoms with Crippen LogP contribution in [-0.2, 0) is 25.4 Å². The van der Waals surface area contributed by atoms with E-state index >= 15 is 0 Å². The molecule has 1 amide bonds. The number of hydrogen-bond donors (Lipinski definition) is 10. The summed E-state index contributed by atoms with van der Waals surface area (Å²) in [6.07, 6.45) is 0.845. The van der Waals surface area contributed by atoms with E-state index in [1.54, 1.807) is 18.2 Å². The van der Waals surface area contributed by atoms with Crippen molar-refractivity contribution in [2.75, 3.05) is 19.8 Å². The van der Waals surface area contributed by atoms with Crippen LogP contribution in [0.1, 0.15) is 96.0 Å². The predicted octanol–water partition coefficient (Wildman–Crippen LogP) is 1.28. The Balaban J connectivity index is 1.16. The van der Waals surface area contributed by atoms with Crippen LogP contribution in [-0.4, -0.2) is 139 Å². The van der Waals surface area contributed by atoms with Gasteiger partial charge in [-0.15, -0.1) is 0 Å². The average molecular weight is 755 g/mol. The van der Waals surface area contributed by atoms with E-state index in [4.69, 9.17) is 18.9 Å². The molecule has 0 radical (unpaired) electrons. The van der Waals surface area contributed by atoms with Gasteiger partial charge in [0.2, 0.25) is 12.2 Å². The SMILES string of the molecule is CCC(O)CCCCCCCCCCCCC(=O)NCCc1c[nH]c2ccc(O[C@@H]3OC(CO[C@@H]4OC(CO)[C@H](O)[C@H](O)C4O)[C@H](O)[C@H](O)C3O)cc12. The van der Waals surface area contributed by atoms with Crippen LogP contribution in [0.25, 0.3) is 10.9 Å². The molecule has 2 aliphatic rings. The third-order valence-electron chi connectivity index (χ3n) is 10.3. The lowest BCUT2D eigenvalue weighted by Gasteiger charge is -2.42. The van der Waals surface area contributed by atoms with Crippen LogP contribution in [0.3, 0.4) is 0 Å². The Bertz CT molecular complexity index is 1340. The summed E-state index contributed by atoms with van der Waals surface area (Å²) in [7, 11) is 0. The first-order chi connectivity index (χ1) is 25.5. The second-order valence-electron chi connectivity index (χ2n) is 14.4. The number of fused-ring (bicyclic) bond motifs is 1. The van der Waals surface area contributed by atoms with Crippen molar-refractivity contribution in [3.05, 3.63) is 30.0 Å². The van der Waals surface area contributed by atoms with Gasteiger partial charge in [-0.1, -0.05) is 64.7 Å². The maximum Gasteiger partial charge on any atom is 0.229 e. The summed E-state index contributed by atoms with van der Waals surface area (Å²) in [4.78, 5) is 15.7. The van der Waals surface area contributed by atoms with Crippen LogP contribution < -0.4 is 10.1 Å². The highest BCUT2D eigenvalue weighted by atomic mass is 16.7. The van der Waals surface area contributed by atoms with Crippen molar-refractivity contribution in [2.24, 2.45) is 0 Å². The van der Waals surface area contributed by atoms with Crippen molar-refractivity contribution in [3.63, 3.8) is 0 Å². The number of carbonyl (C=O) groups is 1. The molecule has 2 fully saturated rings. The largest absolute Gasteiger partial charge is 0.462 e. The number of aliphatic hydroxyl groups is 8. The number of ether oxygens (including phenoxy) is 4. The zero-order valence-electron chi connectivity index (χ0n) is 30.8. The summed E-state index contributed by atoms with van der Waals surface area (Å²) < 4.78 is 22.5. The van der Waals surface area contributed by atoms with Gasteiger partial charge in [-0.25, -0.2) is 0 Å². The standard InChI is InChI=1S/C38H62N2O13/c1-2-24(42)13-11-9-7-5-3-4-6-8-10-12-14-30(43)39-18-17-23-20-40-27-16-15-25(19-26(23)27)51-38-36(49)34(47)32(45)29(53-38)22-50-37-35(48)33(46)31(44)28(21-41)52-37/h15-16,19-20,24,28-29,31-38,40-42,44-49H,2-14,17-18,21-22H2,1H3,(H,39,43)/t24?,28?,29?,31-,32-,33-,34-,35?,36?,37+,38+/m0/s1. The zero-order valence-corrected chi connectivity index (χ0v) is 30.8. The average Bonchev–Trinajstić information content (AvgIpc) is 3.56. The number of carbonyl (C=O) groups excluding carboxylic acids is 1. The molecular formula is C38H62N2O13. The van der Waals surface area contributed by atoms with Gasteiger partial charge in [0.15, 0.2) is 6.29 Å². The first-order valence-electron chi connectivity index (χ1n) is 19.4. The van der Waals surface area contributed by atoms with Crippen LogP contribution in [0.2, 0.25) is 0 Å². The molecule has 2 aromatic rings. The van der Waals surface area contributed by atoms with Gasteiger partial charge in [0, 0.05) is 30.1 Å². The molecule has 0 aliphatic carbocycles. The molecule has 1 aromatic carbocycles. The smallest absolute Gasteiger partial charge is 0.229 e. The van der Waals surface area contributed by atoms with Gasteiger partial charge in [-0.05, 0) is 49.4 Å². The third kappa shape index (κ3) is 12.8. The van der Waals surface area contributed by atoms with Crippen LogP contribution in [0.15, 0.2) is 24.4 Å².